The Morgan fingerprint density at radius 3 is 2.81 bits per heavy atom. The van der Waals surface area contributed by atoms with Crippen molar-refractivity contribution < 1.29 is 14.1 Å². The highest BCUT2D eigenvalue weighted by molar-refractivity contribution is 6.35. The number of hydrogen-bond acceptors (Lipinski definition) is 2. The van der Waals surface area contributed by atoms with Gasteiger partial charge in [-0.3, -0.25) is 4.79 Å². The van der Waals surface area contributed by atoms with Gasteiger partial charge in [-0.15, -0.1) is 0 Å². The number of nitrogens with one attached hydrogen (secondary N) is 2. The number of carbonyl (C=O) groups is 1. The quantitative estimate of drug-likeness (QED) is 0.851. The molecule has 1 unspecified atom stereocenters. The zero-order valence-electron chi connectivity index (χ0n) is 11.7. The summed E-state index contributed by atoms with van der Waals surface area (Å²) in [7, 11) is 1.94. The second-order valence-corrected chi connectivity index (χ2v) is 5.75. The van der Waals surface area contributed by atoms with Crippen LogP contribution in [0.2, 0.25) is 10.0 Å². The topological polar surface area (TPSA) is 46.7 Å². The smallest absolute Gasteiger partial charge is 0.275 e. The lowest BCUT2D eigenvalue weighted by Crippen LogP contribution is -3.08. The minimum absolute atomic E-state index is 0.0333. The number of quaternary nitrogens is 1. The average molecular weight is 328 g/mol. The number of halogens is 2. The lowest BCUT2D eigenvalue weighted by molar-refractivity contribution is -0.885. The van der Waals surface area contributed by atoms with Crippen LogP contribution in [0.15, 0.2) is 41.0 Å². The van der Waals surface area contributed by atoms with Crippen molar-refractivity contribution in [3.63, 3.8) is 0 Å². The highest BCUT2D eigenvalue weighted by atomic mass is 35.5. The molecule has 2 N–H and O–H groups in total. The van der Waals surface area contributed by atoms with Crippen LogP contribution >= 0.6 is 23.2 Å². The molecule has 112 valence electrons. The number of likely N-dealkylation sites (N-methyl/N-ethyl adjacent to an activating group) is 1. The van der Waals surface area contributed by atoms with Gasteiger partial charge in [0.1, 0.15) is 12.3 Å². The van der Waals surface area contributed by atoms with Crippen molar-refractivity contribution in [1.82, 2.24) is 5.32 Å². The largest absolute Gasteiger partial charge is 0.467 e. The molecular weight excluding hydrogens is 311 g/mol. The van der Waals surface area contributed by atoms with Crippen LogP contribution in [0.3, 0.4) is 0 Å². The van der Waals surface area contributed by atoms with E-state index in [1.54, 1.807) is 24.5 Å². The van der Waals surface area contributed by atoms with Crippen molar-refractivity contribution in [2.75, 3.05) is 13.6 Å². The van der Waals surface area contributed by atoms with E-state index in [-0.39, 0.29) is 5.91 Å². The molecule has 1 amide bonds. The van der Waals surface area contributed by atoms with Crippen molar-refractivity contribution in [2.45, 2.75) is 13.1 Å². The molecule has 0 aliphatic carbocycles. The van der Waals surface area contributed by atoms with E-state index in [1.807, 2.05) is 19.2 Å². The Morgan fingerprint density at radius 2 is 2.14 bits per heavy atom. The fourth-order valence-electron chi connectivity index (χ4n) is 1.99. The number of furan rings is 1. The first-order chi connectivity index (χ1) is 10.0. The first kappa shape index (κ1) is 15.9. The van der Waals surface area contributed by atoms with Crippen molar-refractivity contribution >= 4 is 29.1 Å². The number of rotatable bonds is 6. The average Bonchev–Trinajstić information content (AvgIpc) is 2.93. The summed E-state index contributed by atoms with van der Waals surface area (Å²) in [6.07, 6.45) is 1.58. The zero-order valence-corrected chi connectivity index (χ0v) is 13.2. The summed E-state index contributed by atoms with van der Waals surface area (Å²) in [5.41, 5.74) is 0.970. The monoisotopic (exact) mass is 327 g/mol. The standard InChI is InChI=1S/C15H16Cl2N2O2/c1-19(9-11-4-5-12(16)7-14(11)17)10-15(20)18-8-13-3-2-6-21-13/h2-7H,8-10H2,1H3,(H,18,20)/p+1. The van der Waals surface area contributed by atoms with Gasteiger partial charge in [0.05, 0.1) is 24.9 Å². The summed E-state index contributed by atoms with van der Waals surface area (Å²) in [5, 5.41) is 4.05. The number of hydrogen-bond donors (Lipinski definition) is 2. The van der Waals surface area contributed by atoms with Gasteiger partial charge in [-0.05, 0) is 24.3 Å². The third kappa shape index (κ3) is 5.08. The molecule has 0 saturated heterocycles. The Hall–Kier alpha value is -1.49. The van der Waals surface area contributed by atoms with Gasteiger partial charge in [0.2, 0.25) is 0 Å². The summed E-state index contributed by atoms with van der Waals surface area (Å²) in [4.78, 5) is 12.9. The predicted molar refractivity (Wildman–Crippen MR) is 82.5 cm³/mol. The Bertz CT molecular complexity index is 600. The minimum Gasteiger partial charge on any atom is -0.467 e. The molecule has 4 nitrogen and oxygen atoms in total. The van der Waals surface area contributed by atoms with Crippen LogP contribution in [0.5, 0.6) is 0 Å². The molecule has 0 spiro atoms. The van der Waals surface area contributed by atoms with E-state index in [2.05, 4.69) is 5.32 Å². The van der Waals surface area contributed by atoms with Crippen LogP contribution < -0.4 is 10.2 Å². The summed E-state index contributed by atoms with van der Waals surface area (Å²) in [5.74, 6) is 0.704. The fraction of sp³-hybridized carbons (Fsp3) is 0.267. The van der Waals surface area contributed by atoms with Crippen molar-refractivity contribution in [2.24, 2.45) is 0 Å². The summed E-state index contributed by atoms with van der Waals surface area (Å²) >= 11 is 12.0. The van der Waals surface area contributed by atoms with E-state index < -0.39 is 0 Å². The summed E-state index contributed by atoms with van der Waals surface area (Å²) in [6, 6.07) is 9.01. The summed E-state index contributed by atoms with van der Waals surface area (Å²) < 4.78 is 5.16. The SMILES string of the molecule is C[NH+](CC(=O)NCc1ccco1)Cc1ccc(Cl)cc1Cl. The van der Waals surface area contributed by atoms with Gasteiger partial charge in [-0.25, -0.2) is 0 Å². The van der Waals surface area contributed by atoms with Gasteiger partial charge < -0.3 is 14.6 Å². The number of benzene rings is 1. The van der Waals surface area contributed by atoms with Crippen LogP contribution in [0, 0.1) is 0 Å². The molecule has 0 fully saturated rings. The van der Waals surface area contributed by atoms with Crippen molar-refractivity contribution in [3.05, 3.63) is 58.0 Å². The van der Waals surface area contributed by atoms with E-state index in [1.165, 1.54) is 0 Å². The maximum atomic E-state index is 11.9. The molecule has 0 bridgehead atoms. The Balaban J connectivity index is 1.80. The van der Waals surface area contributed by atoms with E-state index >= 15 is 0 Å². The van der Waals surface area contributed by atoms with Gasteiger partial charge in [0.15, 0.2) is 6.54 Å². The molecule has 2 aromatic rings. The predicted octanol–water partition coefficient (Wildman–Crippen LogP) is 1.92. The van der Waals surface area contributed by atoms with Crippen LogP contribution in [0.4, 0.5) is 0 Å². The normalized spacial score (nSPS) is 12.1. The van der Waals surface area contributed by atoms with Gasteiger partial charge >= 0.3 is 0 Å². The maximum absolute atomic E-state index is 11.9. The molecule has 1 aromatic carbocycles. The van der Waals surface area contributed by atoms with Gasteiger partial charge in [0, 0.05) is 10.6 Å². The first-order valence-electron chi connectivity index (χ1n) is 6.59. The van der Waals surface area contributed by atoms with Crippen LogP contribution in [0.25, 0.3) is 0 Å². The van der Waals surface area contributed by atoms with E-state index in [4.69, 9.17) is 27.6 Å². The molecule has 0 aliphatic heterocycles. The molecule has 6 heteroatoms. The molecule has 0 saturated carbocycles. The lowest BCUT2D eigenvalue weighted by Gasteiger charge is -2.14. The molecule has 1 heterocycles. The first-order valence-corrected chi connectivity index (χ1v) is 7.34. The molecular formula is C15H17Cl2N2O2+. The minimum atomic E-state index is -0.0333. The summed E-state index contributed by atoms with van der Waals surface area (Å²) in [6.45, 7) is 1.42. The Morgan fingerprint density at radius 1 is 1.33 bits per heavy atom. The van der Waals surface area contributed by atoms with Gasteiger partial charge in [-0.1, -0.05) is 29.3 Å². The van der Waals surface area contributed by atoms with Crippen LogP contribution in [-0.2, 0) is 17.9 Å². The third-order valence-electron chi connectivity index (χ3n) is 3.01. The highest BCUT2D eigenvalue weighted by Gasteiger charge is 2.12. The highest BCUT2D eigenvalue weighted by Crippen LogP contribution is 2.20. The van der Waals surface area contributed by atoms with Crippen LogP contribution in [-0.4, -0.2) is 19.5 Å². The second kappa shape index (κ2) is 7.50. The maximum Gasteiger partial charge on any atom is 0.275 e. The fourth-order valence-corrected chi connectivity index (χ4v) is 2.46. The zero-order chi connectivity index (χ0) is 15.2. The number of amides is 1. The van der Waals surface area contributed by atoms with E-state index in [9.17, 15) is 4.79 Å². The van der Waals surface area contributed by atoms with E-state index in [0.29, 0.717) is 29.7 Å². The molecule has 1 atom stereocenters. The third-order valence-corrected chi connectivity index (χ3v) is 3.60. The Kier molecular flexibility index (Phi) is 5.67. The van der Waals surface area contributed by atoms with Gasteiger partial charge in [-0.2, -0.15) is 0 Å². The van der Waals surface area contributed by atoms with E-state index in [0.717, 1.165) is 16.2 Å². The van der Waals surface area contributed by atoms with Crippen molar-refractivity contribution in [1.29, 1.82) is 0 Å². The number of carbonyl (C=O) groups excluding carboxylic acids is 1. The van der Waals surface area contributed by atoms with Crippen molar-refractivity contribution in [3.8, 4) is 0 Å². The molecule has 0 radical (unpaired) electrons. The lowest BCUT2D eigenvalue weighted by atomic mass is 10.2. The van der Waals surface area contributed by atoms with Gasteiger partial charge in [0.25, 0.3) is 5.91 Å². The molecule has 2 rings (SSSR count). The Labute approximate surface area is 133 Å². The molecule has 0 aliphatic rings. The molecule has 21 heavy (non-hydrogen) atoms. The van der Waals surface area contributed by atoms with Crippen LogP contribution in [0.1, 0.15) is 11.3 Å². The molecule has 1 aromatic heterocycles. The second-order valence-electron chi connectivity index (χ2n) is 4.90.